The van der Waals surface area contributed by atoms with Gasteiger partial charge in [-0.1, -0.05) is 0 Å². The van der Waals surface area contributed by atoms with Crippen molar-refractivity contribution >= 4 is 11.9 Å². The molecule has 3 N–H and O–H groups in total. The molecule has 0 bridgehead atoms. The van der Waals surface area contributed by atoms with Gasteiger partial charge in [-0.2, -0.15) is 0 Å². The average molecular weight is 176 g/mol. The summed E-state index contributed by atoms with van der Waals surface area (Å²) < 4.78 is 0. The number of amides is 1. The van der Waals surface area contributed by atoms with Crippen LogP contribution < -0.4 is 5.90 Å². The molecule has 0 heterocycles. The maximum absolute atomic E-state index is 10.9. The molecule has 0 fully saturated rings. The Morgan fingerprint density at radius 1 is 1.67 bits per heavy atom. The van der Waals surface area contributed by atoms with Gasteiger partial charge in [-0.25, -0.2) is 10.7 Å². The van der Waals surface area contributed by atoms with Gasteiger partial charge in [0.05, 0.1) is 0 Å². The molecule has 0 aliphatic rings. The van der Waals surface area contributed by atoms with Crippen LogP contribution in [0.5, 0.6) is 0 Å². The topological polar surface area (TPSA) is 92.9 Å². The van der Waals surface area contributed by atoms with Gasteiger partial charge in [0.15, 0.2) is 0 Å². The number of carbonyl (C=O) groups excluding carboxylic acids is 1. The van der Waals surface area contributed by atoms with Crippen molar-refractivity contribution in [1.82, 2.24) is 4.90 Å². The lowest BCUT2D eigenvalue weighted by molar-refractivity contribution is -0.150. The standard InChI is InChI=1S/C6H12N2O4/c1-4(6(10)11)8(2)5(9)3-12-7/h4H,3,7H2,1-2H3,(H,10,11). The first kappa shape index (κ1) is 10.9. The van der Waals surface area contributed by atoms with Gasteiger partial charge in [0.2, 0.25) is 0 Å². The molecule has 0 rings (SSSR count). The molecule has 0 aliphatic carbocycles. The molecule has 0 aromatic heterocycles. The van der Waals surface area contributed by atoms with Crippen molar-refractivity contribution in [2.24, 2.45) is 5.90 Å². The molecule has 1 atom stereocenters. The van der Waals surface area contributed by atoms with E-state index in [1.807, 2.05) is 0 Å². The van der Waals surface area contributed by atoms with E-state index in [1.165, 1.54) is 14.0 Å². The van der Waals surface area contributed by atoms with E-state index in [0.29, 0.717) is 0 Å². The highest BCUT2D eigenvalue weighted by molar-refractivity contribution is 5.83. The van der Waals surface area contributed by atoms with Crippen molar-refractivity contribution < 1.29 is 19.5 Å². The zero-order chi connectivity index (χ0) is 9.72. The molecule has 0 aliphatic heterocycles. The number of carboxylic acid groups (broad SMARTS) is 1. The molecule has 0 saturated carbocycles. The first-order chi connectivity index (χ1) is 5.50. The fourth-order valence-electron chi connectivity index (χ4n) is 0.555. The highest BCUT2D eigenvalue weighted by atomic mass is 16.6. The van der Waals surface area contributed by atoms with Crippen LogP contribution in [0.25, 0.3) is 0 Å². The second-order valence-electron chi connectivity index (χ2n) is 2.33. The van der Waals surface area contributed by atoms with Crippen LogP contribution in [-0.4, -0.2) is 41.6 Å². The van der Waals surface area contributed by atoms with Gasteiger partial charge in [-0.15, -0.1) is 0 Å². The monoisotopic (exact) mass is 176 g/mol. The van der Waals surface area contributed by atoms with E-state index in [4.69, 9.17) is 5.11 Å². The third kappa shape index (κ3) is 2.85. The molecule has 0 radical (unpaired) electrons. The molecule has 0 spiro atoms. The van der Waals surface area contributed by atoms with Crippen LogP contribution >= 0.6 is 0 Å². The lowest BCUT2D eigenvalue weighted by Gasteiger charge is -2.20. The highest BCUT2D eigenvalue weighted by Crippen LogP contribution is 1.95. The molecule has 1 amide bonds. The lowest BCUT2D eigenvalue weighted by atomic mass is 10.3. The molecule has 12 heavy (non-hydrogen) atoms. The van der Waals surface area contributed by atoms with Crippen LogP contribution in [0.2, 0.25) is 0 Å². The van der Waals surface area contributed by atoms with Gasteiger partial charge in [0.25, 0.3) is 5.91 Å². The molecule has 0 saturated heterocycles. The number of hydrogen-bond acceptors (Lipinski definition) is 4. The van der Waals surface area contributed by atoms with Crippen molar-refractivity contribution in [3.05, 3.63) is 0 Å². The fraction of sp³-hybridized carbons (Fsp3) is 0.667. The van der Waals surface area contributed by atoms with Crippen LogP contribution in [0.4, 0.5) is 0 Å². The summed E-state index contributed by atoms with van der Waals surface area (Å²) in [6.07, 6.45) is 0. The molecular formula is C6H12N2O4. The van der Waals surface area contributed by atoms with E-state index < -0.39 is 17.9 Å². The molecule has 0 aromatic rings. The number of carboxylic acids is 1. The van der Waals surface area contributed by atoms with Crippen LogP contribution in [0.15, 0.2) is 0 Å². The summed E-state index contributed by atoms with van der Waals surface area (Å²) in [5, 5.41) is 8.50. The Morgan fingerprint density at radius 3 is 2.50 bits per heavy atom. The summed E-state index contributed by atoms with van der Waals surface area (Å²) in [6, 6.07) is -0.868. The predicted octanol–water partition coefficient (Wildman–Crippen LogP) is -1.19. The Labute approximate surface area is 69.8 Å². The number of likely N-dealkylation sites (N-methyl/N-ethyl adjacent to an activating group) is 1. The van der Waals surface area contributed by atoms with Crippen molar-refractivity contribution in [1.29, 1.82) is 0 Å². The molecule has 0 aromatic carbocycles. The number of aliphatic carboxylic acids is 1. The lowest BCUT2D eigenvalue weighted by Crippen LogP contribution is -2.42. The van der Waals surface area contributed by atoms with Crippen LogP contribution in [-0.2, 0) is 14.4 Å². The predicted molar refractivity (Wildman–Crippen MR) is 40.0 cm³/mol. The Bertz CT molecular complexity index is 182. The molecule has 6 heteroatoms. The Morgan fingerprint density at radius 2 is 2.17 bits per heavy atom. The zero-order valence-electron chi connectivity index (χ0n) is 6.98. The first-order valence-corrected chi connectivity index (χ1v) is 3.30. The Kier molecular flexibility index (Phi) is 4.24. The average Bonchev–Trinajstić information content (AvgIpc) is 2.02. The van der Waals surface area contributed by atoms with Gasteiger partial charge in [-0.05, 0) is 6.92 Å². The Hall–Kier alpha value is -1.14. The van der Waals surface area contributed by atoms with Crippen molar-refractivity contribution in [3.8, 4) is 0 Å². The van der Waals surface area contributed by atoms with Gasteiger partial charge < -0.3 is 10.0 Å². The second-order valence-corrected chi connectivity index (χ2v) is 2.33. The van der Waals surface area contributed by atoms with Gasteiger partial charge >= 0.3 is 5.97 Å². The van der Waals surface area contributed by atoms with Gasteiger partial charge in [0, 0.05) is 7.05 Å². The van der Waals surface area contributed by atoms with Crippen molar-refractivity contribution in [2.45, 2.75) is 13.0 Å². The van der Waals surface area contributed by atoms with Crippen LogP contribution in [0.3, 0.4) is 0 Å². The summed E-state index contributed by atoms with van der Waals surface area (Å²) in [4.78, 5) is 26.5. The van der Waals surface area contributed by atoms with Crippen LogP contribution in [0.1, 0.15) is 6.92 Å². The SMILES string of the molecule is CC(C(=O)O)N(C)C(=O)CON. The molecular weight excluding hydrogens is 164 g/mol. The summed E-state index contributed by atoms with van der Waals surface area (Å²) in [5.41, 5.74) is 0. The highest BCUT2D eigenvalue weighted by Gasteiger charge is 2.20. The minimum atomic E-state index is -1.07. The number of nitrogens with zero attached hydrogens (tertiary/aromatic N) is 1. The number of carbonyl (C=O) groups is 2. The second kappa shape index (κ2) is 4.68. The minimum absolute atomic E-state index is 0.311. The van der Waals surface area contributed by atoms with E-state index in [9.17, 15) is 9.59 Å². The van der Waals surface area contributed by atoms with Crippen molar-refractivity contribution in [3.63, 3.8) is 0 Å². The number of hydrogen-bond donors (Lipinski definition) is 2. The van der Waals surface area contributed by atoms with Gasteiger partial charge in [-0.3, -0.25) is 9.63 Å². The largest absolute Gasteiger partial charge is 0.480 e. The van der Waals surface area contributed by atoms with Crippen LogP contribution in [0, 0.1) is 0 Å². The molecule has 70 valence electrons. The smallest absolute Gasteiger partial charge is 0.326 e. The first-order valence-electron chi connectivity index (χ1n) is 3.30. The van der Waals surface area contributed by atoms with E-state index in [1.54, 1.807) is 0 Å². The fourth-order valence-corrected chi connectivity index (χ4v) is 0.555. The maximum atomic E-state index is 10.9. The maximum Gasteiger partial charge on any atom is 0.326 e. The normalized spacial score (nSPS) is 12.2. The summed E-state index contributed by atoms with van der Waals surface area (Å²) in [7, 11) is 1.38. The third-order valence-corrected chi connectivity index (χ3v) is 1.54. The summed E-state index contributed by atoms with van der Waals surface area (Å²) in [6.45, 7) is 1.09. The summed E-state index contributed by atoms with van der Waals surface area (Å²) >= 11 is 0. The van der Waals surface area contributed by atoms with E-state index in [-0.39, 0.29) is 6.61 Å². The minimum Gasteiger partial charge on any atom is -0.480 e. The zero-order valence-corrected chi connectivity index (χ0v) is 6.98. The Balaban J connectivity index is 4.09. The summed E-state index contributed by atoms with van der Waals surface area (Å²) in [5.74, 6) is 3.12. The van der Waals surface area contributed by atoms with Gasteiger partial charge in [0.1, 0.15) is 12.6 Å². The molecule has 1 unspecified atom stereocenters. The van der Waals surface area contributed by atoms with E-state index >= 15 is 0 Å². The van der Waals surface area contributed by atoms with E-state index in [2.05, 4.69) is 10.7 Å². The molecule has 6 nitrogen and oxygen atoms in total. The number of rotatable bonds is 4. The number of nitrogens with two attached hydrogens (primary N) is 1. The van der Waals surface area contributed by atoms with E-state index in [0.717, 1.165) is 4.90 Å². The third-order valence-electron chi connectivity index (χ3n) is 1.54. The van der Waals surface area contributed by atoms with Crippen molar-refractivity contribution in [2.75, 3.05) is 13.7 Å². The quantitative estimate of drug-likeness (QED) is 0.525.